The van der Waals surface area contributed by atoms with Gasteiger partial charge in [0, 0.05) is 24.9 Å². The van der Waals surface area contributed by atoms with Gasteiger partial charge in [-0.05, 0) is 62.8 Å². The van der Waals surface area contributed by atoms with E-state index in [4.69, 9.17) is 14.2 Å². The molecular weight excluding hydrogens is 737 g/mol. The van der Waals surface area contributed by atoms with Gasteiger partial charge in [-0.2, -0.15) is 0 Å². The summed E-state index contributed by atoms with van der Waals surface area (Å²) >= 11 is 0. The van der Waals surface area contributed by atoms with Gasteiger partial charge in [0.25, 0.3) is 15.9 Å². The molecule has 3 aromatic rings. The Kier molecular flexibility index (Phi) is 13.3. The van der Waals surface area contributed by atoms with E-state index >= 15 is 0 Å². The number of nitrogens with one attached hydrogen (secondary N) is 3. The molecule has 0 radical (unpaired) electrons. The molecule has 2 unspecified atom stereocenters. The summed E-state index contributed by atoms with van der Waals surface area (Å²) in [5.74, 6) is -2.47. The summed E-state index contributed by atoms with van der Waals surface area (Å²) in [5.41, 5.74) is -0.565. The molecule has 5 atom stereocenters. The van der Waals surface area contributed by atoms with Gasteiger partial charge in [-0.15, -0.1) is 6.58 Å². The zero-order chi connectivity index (χ0) is 40.7. The fourth-order valence-corrected chi connectivity index (χ4v) is 7.78. The SMILES string of the molecule is C=C[C@@H]1C[C@]1(NC(=O)CC1C(OCc2ccccc2)CCN1C(=O)[C@@H](NC(=O)OC(C)(C)C)C(C)C)C(=O)NS(=O)(=O)c1cccc(OCc2ccccc2)c1. The number of sulfonamides is 1. The molecule has 1 saturated carbocycles. The highest BCUT2D eigenvalue weighted by atomic mass is 32.2. The van der Waals surface area contributed by atoms with Crippen molar-refractivity contribution in [2.24, 2.45) is 11.8 Å². The summed E-state index contributed by atoms with van der Waals surface area (Å²) < 4.78 is 46.7. The topological polar surface area (TPSA) is 169 Å². The van der Waals surface area contributed by atoms with Gasteiger partial charge in [0.1, 0.15) is 29.5 Å². The monoisotopic (exact) mass is 788 g/mol. The number of alkyl carbamates (subject to hydrolysis) is 1. The molecule has 1 aliphatic heterocycles. The third-order valence-corrected chi connectivity index (χ3v) is 11.1. The second kappa shape index (κ2) is 17.7. The standard InChI is InChI=1S/C42H52N4O9S/c1-7-31-25-42(31,39(49)45-56(51,52)33-20-14-19-32(23-33)53-26-29-15-10-8-11-16-29)44-36(47)24-34-35(54-27-30-17-12-9-13-18-30)21-22-46(34)38(48)37(28(2)3)43-40(50)55-41(4,5)6/h7-20,23,28,31,34-35,37H,1,21-22,24-27H2,2-6H3,(H,43,50)(H,44,47)(H,45,49)/t31-,34?,35?,37+,42-/m1/s1. The fraction of sp³-hybridized carbons (Fsp3) is 0.429. The van der Waals surface area contributed by atoms with E-state index in [1.54, 1.807) is 45.6 Å². The van der Waals surface area contributed by atoms with Crippen LogP contribution >= 0.6 is 0 Å². The van der Waals surface area contributed by atoms with Crippen molar-refractivity contribution in [1.82, 2.24) is 20.3 Å². The second-order valence-corrected chi connectivity index (χ2v) is 17.2. The van der Waals surface area contributed by atoms with E-state index in [9.17, 15) is 27.6 Å². The van der Waals surface area contributed by atoms with Crippen molar-refractivity contribution < 1.29 is 41.8 Å². The number of nitrogens with zero attached hydrogens (tertiary/aromatic N) is 1. The number of likely N-dealkylation sites (tertiary alicyclic amines) is 1. The number of rotatable bonds is 16. The van der Waals surface area contributed by atoms with Crippen LogP contribution in [0.5, 0.6) is 5.75 Å². The fourth-order valence-electron chi connectivity index (χ4n) is 6.71. The molecule has 0 bridgehead atoms. The van der Waals surface area contributed by atoms with Crippen molar-refractivity contribution in [2.75, 3.05) is 6.54 Å². The number of carbonyl (C=O) groups excluding carboxylic acids is 4. The normalized spacial score (nSPS) is 21.1. The molecule has 1 aliphatic carbocycles. The predicted molar refractivity (Wildman–Crippen MR) is 209 cm³/mol. The van der Waals surface area contributed by atoms with Crippen LogP contribution < -0.4 is 20.1 Å². The maximum Gasteiger partial charge on any atom is 0.408 e. The van der Waals surface area contributed by atoms with Gasteiger partial charge in [-0.1, -0.05) is 86.7 Å². The molecule has 3 aromatic carbocycles. The van der Waals surface area contributed by atoms with Crippen molar-refractivity contribution in [3.05, 3.63) is 109 Å². The average molecular weight is 789 g/mol. The van der Waals surface area contributed by atoms with Crippen LogP contribution in [0.1, 0.15) is 65.0 Å². The molecule has 5 rings (SSSR count). The Morgan fingerprint density at radius 2 is 1.59 bits per heavy atom. The van der Waals surface area contributed by atoms with Crippen LogP contribution in [0.4, 0.5) is 4.79 Å². The maximum atomic E-state index is 14.1. The van der Waals surface area contributed by atoms with Gasteiger partial charge in [0.05, 0.1) is 23.6 Å². The minimum atomic E-state index is -4.38. The Hall–Kier alpha value is -5.21. The Balaban J connectivity index is 1.31. The van der Waals surface area contributed by atoms with Gasteiger partial charge in [0.15, 0.2) is 0 Å². The van der Waals surface area contributed by atoms with Crippen molar-refractivity contribution in [3.8, 4) is 5.75 Å². The van der Waals surface area contributed by atoms with Crippen molar-refractivity contribution in [1.29, 1.82) is 0 Å². The molecule has 0 spiro atoms. The molecule has 1 saturated heterocycles. The van der Waals surface area contributed by atoms with Gasteiger partial charge >= 0.3 is 6.09 Å². The smallest absolute Gasteiger partial charge is 0.408 e. The molecule has 0 aromatic heterocycles. The third kappa shape index (κ3) is 10.8. The molecule has 1 heterocycles. The molecule has 14 heteroatoms. The number of benzene rings is 3. The van der Waals surface area contributed by atoms with Crippen LogP contribution in [0.3, 0.4) is 0 Å². The third-order valence-electron chi connectivity index (χ3n) is 9.73. The van der Waals surface area contributed by atoms with Crippen LogP contribution in [0.15, 0.2) is 102 Å². The zero-order valence-corrected chi connectivity index (χ0v) is 33.3. The van der Waals surface area contributed by atoms with Crippen LogP contribution in [0.25, 0.3) is 0 Å². The molecule has 56 heavy (non-hydrogen) atoms. The first-order valence-corrected chi connectivity index (χ1v) is 20.2. The highest BCUT2D eigenvalue weighted by molar-refractivity contribution is 7.90. The first-order chi connectivity index (χ1) is 26.5. The van der Waals surface area contributed by atoms with Gasteiger partial charge in [0.2, 0.25) is 11.8 Å². The van der Waals surface area contributed by atoms with Crippen LogP contribution in [0, 0.1) is 11.8 Å². The Labute approximate surface area is 329 Å². The lowest BCUT2D eigenvalue weighted by Gasteiger charge is -2.33. The lowest BCUT2D eigenvalue weighted by Crippen LogP contribution is -2.56. The van der Waals surface area contributed by atoms with E-state index in [0.29, 0.717) is 12.2 Å². The molecule has 4 amide bonds. The minimum absolute atomic E-state index is 0.125. The Morgan fingerprint density at radius 3 is 2.18 bits per heavy atom. The number of hydrogen-bond donors (Lipinski definition) is 3. The Bertz CT molecular complexity index is 1990. The van der Waals surface area contributed by atoms with Crippen LogP contribution in [0.2, 0.25) is 0 Å². The second-order valence-electron chi connectivity index (χ2n) is 15.5. The van der Waals surface area contributed by atoms with Crippen LogP contribution in [-0.4, -0.2) is 73.0 Å². The molecular formula is C42H52N4O9S. The van der Waals surface area contributed by atoms with Crippen molar-refractivity contribution in [3.63, 3.8) is 0 Å². The van der Waals surface area contributed by atoms with Gasteiger partial charge in [-0.25, -0.2) is 17.9 Å². The quantitative estimate of drug-likeness (QED) is 0.164. The zero-order valence-electron chi connectivity index (χ0n) is 32.5. The average Bonchev–Trinajstić information content (AvgIpc) is 3.73. The highest BCUT2D eigenvalue weighted by Gasteiger charge is 2.60. The van der Waals surface area contributed by atoms with E-state index < -0.39 is 69.1 Å². The first-order valence-electron chi connectivity index (χ1n) is 18.7. The number of hydrogen-bond acceptors (Lipinski definition) is 9. The number of amides is 4. The van der Waals surface area contributed by atoms with Gasteiger partial charge in [-0.3, -0.25) is 14.4 Å². The van der Waals surface area contributed by atoms with Gasteiger partial charge < -0.3 is 29.7 Å². The molecule has 13 nitrogen and oxygen atoms in total. The lowest BCUT2D eigenvalue weighted by molar-refractivity contribution is -0.139. The largest absolute Gasteiger partial charge is 0.489 e. The van der Waals surface area contributed by atoms with E-state index in [-0.39, 0.29) is 43.4 Å². The lowest BCUT2D eigenvalue weighted by atomic mass is 10.0. The molecule has 300 valence electrons. The summed E-state index contributed by atoms with van der Waals surface area (Å²) in [6, 6.07) is 22.9. The summed E-state index contributed by atoms with van der Waals surface area (Å²) in [6.07, 6.45) is 0.483. The van der Waals surface area contributed by atoms with Crippen LogP contribution in [-0.2, 0) is 47.1 Å². The van der Waals surface area contributed by atoms with Crippen molar-refractivity contribution >= 4 is 33.8 Å². The number of ether oxygens (including phenoxy) is 3. The highest BCUT2D eigenvalue weighted by Crippen LogP contribution is 2.45. The summed E-state index contributed by atoms with van der Waals surface area (Å²) in [6.45, 7) is 13.3. The van der Waals surface area contributed by atoms with E-state index in [2.05, 4.69) is 21.9 Å². The minimum Gasteiger partial charge on any atom is -0.489 e. The molecule has 2 fully saturated rings. The van der Waals surface area contributed by atoms with Crippen molar-refractivity contribution in [2.45, 2.75) is 101 Å². The first kappa shape index (κ1) is 41.9. The van der Waals surface area contributed by atoms with E-state index in [0.717, 1.165) is 11.1 Å². The summed E-state index contributed by atoms with van der Waals surface area (Å²) in [7, 11) is -4.38. The molecule has 2 aliphatic rings. The maximum absolute atomic E-state index is 14.1. The van der Waals surface area contributed by atoms with E-state index in [1.807, 2.05) is 60.7 Å². The predicted octanol–water partition coefficient (Wildman–Crippen LogP) is 5.26. The molecule has 3 N–H and O–H groups in total. The van der Waals surface area contributed by atoms with E-state index in [1.165, 1.54) is 24.3 Å². The number of carbonyl (C=O) groups is 4. The summed E-state index contributed by atoms with van der Waals surface area (Å²) in [5, 5.41) is 5.49. The Morgan fingerprint density at radius 1 is 0.946 bits per heavy atom. The summed E-state index contributed by atoms with van der Waals surface area (Å²) in [4.78, 5) is 56.0.